The van der Waals surface area contributed by atoms with E-state index in [2.05, 4.69) is 15.5 Å². The van der Waals surface area contributed by atoms with E-state index < -0.39 is 42.4 Å². The minimum absolute atomic E-state index is 0.0732. The van der Waals surface area contributed by atoms with Crippen molar-refractivity contribution in [1.82, 2.24) is 25.3 Å². The van der Waals surface area contributed by atoms with Crippen molar-refractivity contribution in [3.8, 4) is 0 Å². The molecule has 5 aliphatic heterocycles. The number of aliphatic hydroxyl groups excluding tert-OH is 2. The van der Waals surface area contributed by atoms with Gasteiger partial charge in [-0.05, 0) is 38.0 Å². The monoisotopic (exact) mass is 563 g/mol. The van der Waals surface area contributed by atoms with E-state index in [1.807, 2.05) is 0 Å². The van der Waals surface area contributed by atoms with Crippen LogP contribution in [0.2, 0.25) is 0 Å². The topological polar surface area (TPSA) is 161 Å². The lowest BCUT2D eigenvalue weighted by Gasteiger charge is -2.43. The third-order valence-electron chi connectivity index (χ3n) is 9.42. The summed E-state index contributed by atoms with van der Waals surface area (Å²) in [6, 6.07) is -1.53. The SMILES string of the molecule is O=C1C[C@@H]2O[C@H](CNC(=O)[C@@H]3CN(CCN3C(=O)C3CCOCC3)C(=O)[C@@H]3C[C@@H](CN3CC3CC3)N1)[C@@H](O)[C@H]2O. The van der Waals surface area contributed by atoms with Crippen LogP contribution in [-0.2, 0) is 28.7 Å². The van der Waals surface area contributed by atoms with Crippen LogP contribution in [0, 0.1) is 11.8 Å². The number of carbonyl (C=O) groups excluding carboxylic acids is 4. The van der Waals surface area contributed by atoms with E-state index in [0.29, 0.717) is 51.5 Å². The van der Waals surface area contributed by atoms with Crippen molar-refractivity contribution in [2.24, 2.45) is 11.8 Å². The van der Waals surface area contributed by atoms with Crippen LogP contribution in [0.3, 0.4) is 0 Å². The maximum absolute atomic E-state index is 13.9. The number of nitrogens with zero attached hydrogens (tertiary/aromatic N) is 3. The second kappa shape index (κ2) is 11.5. The van der Waals surface area contributed by atoms with E-state index in [1.54, 1.807) is 9.80 Å². The molecule has 6 bridgehead atoms. The minimum atomic E-state index is -1.27. The summed E-state index contributed by atoms with van der Waals surface area (Å²) in [7, 11) is 0. The molecule has 13 heteroatoms. The maximum atomic E-state index is 13.9. The van der Waals surface area contributed by atoms with Crippen LogP contribution in [0.1, 0.15) is 38.5 Å². The van der Waals surface area contributed by atoms with E-state index >= 15 is 0 Å². The zero-order valence-electron chi connectivity index (χ0n) is 22.8. The summed E-state index contributed by atoms with van der Waals surface area (Å²) in [5, 5.41) is 26.9. The number of carbonyl (C=O) groups is 4. The fourth-order valence-corrected chi connectivity index (χ4v) is 6.91. The van der Waals surface area contributed by atoms with Crippen LogP contribution in [0.15, 0.2) is 0 Å². The number of nitrogens with one attached hydrogen (secondary N) is 2. The van der Waals surface area contributed by atoms with Crippen molar-refractivity contribution in [2.45, 2.75) is 81.1 Å². The predicted octanol–water partition coefficient (Wildman–Crippen LogP) is -2.57. The highest BCUT2D eigenvalue weighted by molar-refractivity contribution is 5.91. The molecule has 1 aliphatic carbocycles. The lowest BCUT2D eigenvalue weighted by molar-refractivity contribution is -0.154. The summed E-state index contributed by atoms with van der Waals surface area (Å²) in [6.07, 6.45) is -0.602. The zero-order valence-corrected chi connectivity index (χ0v) is 22.8. The first-order valence-electron chi connectivity index (χ1n) is 14.8. The Kier molecular flexibility index (Phi) is 8.01. The summed E-state index contributed by atoms with van der Waals surface area (Å²) >= 11 is 0. The lowest BCUT2D eigenvalue weighted by Crippen LogP contribution is -2.64. The summed E-state index contributed by atoms with van der Waals surface area (Å²) in [5.74, 6) is -0.597. The quantitative estimate of drug-likeness (QED) is 0.289. The van der Waals surface area contributed by atoms with Gasteiger partial charge in [0.2, 0.25) is 23.6 Å². The predicted molar refractivity (Wildman–Crippen MR) is 139 cm³/mol. The first kappa shape index (κ1) is 27.8. The molecule has 1 saturated carbocycles. The van der Waals surface area contributed by atoms with Gasteiger partial charge in [0.15, 0.2) is 0 Å². The van der Waals surface area contributed by atoms with Crippen LogP contribution in [-0.4, -0.2) is 144 Å². The van der Waals surface area contributed by atoms with Crippen molar-refractivity contribution in [1.29, 1.82) is 0 Å². The number of amides is 4. The Morgan fingerprint density at radius 2 is 1.70 bits per heavy atom. The Morgan fingerprint density at radius 1 is 0.950 bits per heavy atom. The van der Waals surface area contributed by atoms with Gasteiger partial charge in [-0.3, -0.25) is 24.1 Å². The highest BCUT2D eigenvalue weighted by atomic mass is 16.5. The second-order valence-electron chi connectivity index (χ2n) is 12.3. The fourth-order valence-electron chi connectivity index (χ4n) is 6.91. The van der Waals surface area contributed by atoms with Crippen molar-refractivity contribution in [2.75, 3.05) is 52.5 Å². The number of likely N-dealkylation sites (tertiary alicyclic amines) is 1. The number of rotatable bonds is 3. The summed E-state index contributed by atoms with van der Waals surface area (Å²) in [5.41, 5.74) is 0. The number of piperazine rings is 1. The number of ether oxygens (including phenoxy) is 2. The highest BCUT2D eigenvalue weighted by Crippen LogP contribution is 2.33. The zero-order chi connectivity index (χ0) is 28.0. The average molecular weight is 564 g/mol. The van der Waals surface area contributed by atoms with Crippen LogP contribution in [0.25, 0.3) is 0 Å². The number of aliphatic hydroxyl groups is 2. The molecule has 4 N–H and O–H groups in total. The Balaban J connectivity index is 1.26. The lowest BCUT2D eigenvalue weighted by atomic mass is 9.96. The van der Waals surface area contributed by atoms with E-state index in [-0.39, 0.29) is 55.7 Å². The van der Waals surface area contributed by atoms with Crippen LogP contribution in [0.4, 0.5) is 0 Å². The number of hydrogen-bond donors (Lipinski definition) is 4. The average Bonchev–Trinajstić information content (AvgIpc) is 3.64. The molecule has 13 nitrogen and oxygen atoms in total. The Hall–Kier alpha value is -2.32. The van der Waals surface area contributed by atoms with Crippen molar-refractivity contribution >= 4 is 23.6 Å². The summed E-state index contributed by atoms with van der Waals surface area (Å²) in [4.78, 5) is 59.3. The van der Waals surface area contributed by atoms with Crippen molar-refractivity contribution in [3.63, 3.8) is 0 Å². The Bertz CT molecular complexity index is 1000. The molecule has 5 saturated heterocycles. The molecule has 0 spiro atoms. The van der Waals surface area contributed by atoms with Gasteiger partial charge in [0.1, 0.15) is 24.4 Å². The Morgan fingerprint density at radius 3 is 2.45 bits per heavy atom. The molecule has 0 aromatic rings. The Labute approximate surface area is 233 Å². The largest absolute Gasteiger partial charge is 0.388 e. The third kappa shape index (κ3) is 5.71. The van der Waals surface area contributed by atoms with Gasteiger partial charge in [-0.25, -0.2) is 0 Å². The van der Waals surface area contributed by atoms with Crippen LogP contribution in [0.5, 0.6) is 0 Å². The smallest absolute Gasteiger partial charge is 0.244 e. The van der Waals surface area contributed by atoms with Gasteiger partial charge in [-0.1, -0.05) is 0 Å². The van der Waals surface area contributed by atoms with Crippen molar-refractivity contribution in [3.05, 3.63) is 0 Å². The standard InChI is InChI=1S/C27H41N5O8/c33-22-10-20-23(34)24(35)21(40-20)11-28-25(36)19-14-30(5-6-32(19)26(37)16-3-7-39-8-4-16)27(38)18-9-17(29-22)13-31(18)12-15-1-2-15/h15-21,23-24,34-35H,1-14H2,(H,28,36)(H,29,33)/t17-,18-,19-,20-,21+,23-,24+/m0/s1. The van der Waals surface area contributed by atoms with E-state index in [9.17, 15) is 29.4 Å². The summed E-state index contributed by atoms with van der Waals surface area (Å²) in [6.45, 7) is 2.89. The molecule has 40 heavy (non-hydrogen) atoms. The fraction of sp³-hybridized carbons (Fsp3) is 0.852. The van der Waals surface area contributed by atoms with Gasteiger partial charge in [0.05, 0.1) is 25.1 Å². The molecular weight excluding hydrogens is 522 g/mol. The van der Waals surface area contributed by atoms with Gasteiger partial charge in [0, 0.05) is 57.9 Å². The molecule has 0 aromatic carbocycles. The van der Waals surface area contributed by atoms with Crippen LogP contribution < -0.4 is 10.6 Å². The number of hydrogen-bond acceptors (Lipinski definition) is 9. The highest BCUT2D eigenvalue weighted by Gasteiger charge is 2.47. The first-order valence-corrected chi connectivity index (χ1v) is 14.8. The van der Waals surface area contributed by atoms with E-state index in [0.717, 1.165) is 19.4 Å². The molecule has 6 rings (SSSR count). The molecule has 4 amide bonds. The van der Waals surface area contributed by atoms with Gasteiger partial charge in [-0.15, -0.1) is 0 Å². The molecule has 0 radical (unpaired) electrons. The molecule has 5 heterocycles. The van der Waals surface area contributed by atoms with E-state index in [4.69, 9.17) is 9.47 Å². The van der Waals surface area contributed by atoms with Gasteiger partial charge >= 0.3 is 0 Å². The first-order chi connectivity index (χ1) is 19.3. The second-order valence-corrected chi connectivity index (χ2v) is 12.3. The summed E-state index contributed by atoms with van der Waals surface area (Å²) < 4.78 is 11.2. The van der Waals surface area contributed by atoms with Gasteiger partial charge in [0.25, 0.3) is 0 Å². The molecule has 0 unspecified atom stereocenters. The van der Waals surface area contributed by atoms with Crippen LogP contribution >= 0.6 is 0 Å². The van der Waals surface area contributed by atoms with E-state index in [1.165, 1.54) is 0 Å². The van der Waals surface area contributed by atoms with Gasteiger partial charge < -0.3 is 40.1 Å². The normalized spacial score (nSPS) is 38.4. The maximum Gasteiger partial charge on any atom is 0.244 e. The molecular formula is C27H41N5O8. The molecule has 6 aliphatic rings. The molecule has 7 atom stereocenters. The molecule has 222 valence electrons. The third-order valence-corrected chi connectivity index (χ3v) is 9.42. The number of fused-ring (bicyclic) bond motifs is 6. The van der Waals surface area contributed by atoms with Gasteiger partial charge in [-0.2, -0.15) is 0 Å². The van der Waals surface area contributed by atoms with Crippen molar-refractivity contribution < 1.29 is 38.9 Å². The minimum Gasteiger partial charge on any atom is -0.388 e. The molecule has 6 fully saturated rings. The molecule has 0 aromatic heterocycles.